The van der Waals surface area contributed by atoms with Crippen LogP contribution in [0.15, 0.2) is 21.8 Å². The Labute approximate surface area is 71.5 Å². The molecule has 12 heavy (non-hydrogen) atoms. The summed E-state index contributed by atoms with van der Waals surface area (Å²) in [5, 5.41) is 4.07. The average Bonchev–Trinajstić information content (AvgIpc) is 2.78. The molecule has 1 heterocycles. The van der Waals surface area contributed by atoms with E-state index in [0.29, 0.717) is 6.04 Å². The monoisotopic (exact) mass is 164 g/mol. The molecule has 3 nitrogen and oxygen atoms in total. The molecule has 0 unspecified atom stereocenters. The summed E-state index contributed by atoms with van der Waals surface area (Å²) in [5.41, 5.74) is 4.15. The molecule has 1 saturated carbocycles. The van der Waals surface area contributed by atoms with E-state index in [-0.39, 0.29) is 0 Å². The molecule has 1 aromatic rings. The van der Waals surface area contributed by atoms with Gasteiger partial charge in [0, 0.05) is 6.04 Å². The molecule has 2 rings (SSSR count). The van der Waals surface area contributed by atoms with Gasteiger partial charge in [-0.3, -0.25) is 0 Å². The number of hydrazone groups is 1. The predicted molar refractivity (Wildman–Crippen MR) is 47.2 cm³/mol. The van der Waals surface area contributed by atoms with Crippen LogP contribution in [0.25, 0.3) is 0 Å². The molecule has 0 saturated heterocycles. The lowest BCUT2D eigenvalue weighted by atomic mass is 10.3. The standard InChI is InChI=1S/C9H12N2O/c1-7-4-5-12-9(7)6-10-11-8-2-3-8/h4-6,8,11H,2-3H2,1H3/b10-6+. The van der Waals surface area contributed by atoms with Gasteiger partial charge in [0.25, 0.3) is 0 Å². The number of aryl methyl sites for hydroxylation is 1. The Hall–Kier alpha value is -1.25. The average molecular weight is 164 g/mol. The van der Waals surface area contributed by atoms with Gasteiger partial charge in [0.15, 0.2) is 0 Å². The second-order valence-corrected chi connectivity index (χ2v) is 3.13. The highest BCUT2D eigenvalue weighted by Gasteiger charge is 2.19. The third-order valence-corrected chi connectivity index (χ3v) is 1.92. The van der Waals surface area contributed by atoms with Crippen LogP contribution in [0, 0.1) is 6.92 Å². The highest BCUT2D eigenvalue weighted by Crippen LogP contribution is 2.18. The van der Waals surface area contributed by atoms with E-state index in [0.717, 1.165) is 11.3 Å². The molecule has 1 aliphatic rings. The molecule has 3 heteroatoms. The highest BCUT2D eigenvalue weighted by atomic mass is 16.3. The fraction of sp³-hybridized carbons (Fsp3) is 0.444. The van der Waals surface area contributed by atoms with Crippen molar-refractivity contribution in [1.29, 1.82) is 0 Å². The fourth-order valence-electron chi connectivity index (χ4n) is 0.930. The molecule has 0 radical (unpaired) electrons. The molecule has 0 aliphatic heterocycles. The van der Waals surface area contributed by atoms with Crippen LogP contribution in [0.1, 0.15) is 24.2 Å². The van der Waals surface area contributed by atoms with Crippen molar-refractivity contribution in [3.8, 4) is 0 Å². The van der Waals surface area contributed by atoms with E-state index in [2.05, 4.69) is 10.5 Å². The fourth-order valence-corrected chi connectivity index (χ4v) is 0.930. The Bertz CT molecular complexity index is 286. The van der Waals surface area contributed by atoms with E-state index >= 15 is 0 Å². The SMILES string of the molecule is Cc1ccoc1/C=N/NC1CC1. The van der Waals surface area contributed by atoms with Crippen LogP contribution >= 0.6 is 0 Å². The number of nitrogens with one attached hydrogen (secondary N) is 1. The third kappa shape index (κ3) is 1.67. The summed E-state index contributed by atoms with van der Waals surface area (Å²) in [6, 6.07) is 2.54. The Morgan fingerprint density at radius 1 is 1.67 bits per heavy atom. The predicted octanol–water partition coefficient (Wildman–Crippen LogP) is 1.67. The van der Waals surface area contributed by atoms with Gasteiger partial charge < -0.3 is 9.84 Å². The molecule has 0 atom stereocenters. The van der Waals surface area contributed by atoms with Gasteiger partial charge in [0.05, 0.1) is 12.5 Å². The van der Waals surface area contributed by atoms with Crippen molar-refractivity contribution >= 4 is 6.21 Å². The lowest BCUT2D eigenvalue weighted by Crippen LogP contribution is -2.07. The Balaban J connectivity index is 1.92. The lowest BCUT2D eigenvalue weighted by molar-refractivity contribution is 0.557. The van der Waals surface area contributed by atoms with Gasteiger partial charge in [-0.2, -0.15) is 5.10 Å². The first-order valence-electron chi connectivity index (χ1n) is 4.19. The molecule has 0 bridgehead atoms. The number of rotatable bonds is 3. The summed E-state index contributed by atoms with van der Waals surface area (Å²) in [4.78, 5) is 0. The molecule has 1 aromatic heterocycles. The summed E-state index contributed by atoms with van der Waals surface area (Å²) >= 11 is 0. The largest absolute Gasteiger partial charge is 0.463 e. The zero-order valence-electron chi connectivity index (χ0n) is 7.08. The molecule has 1 N–H and O–H groups in total. The summed E-state index contributed by atoms with van der Waals surface area (Å²) in [5.74, 6) is 0.836. The maximum absolute atomic E-state index is 5.18. The minimum absolute atomic E-state index is 0.608. The Morgan fingerprint density at radius 2 is 2.50 bits per heavy atom. The van der Waals surface area contributed by atoms with E-state index < -0.39 is 0 Å². The summed E-state index contributed by atoms with van der Waals surface area (Å²) < 4.78 is 5.18. The van der Waals surface area contributed by atoms with Crippen molar-refractivity contribution in [3.05, 3.63) is 23.7 Å². The van der Waals surface area contributed by atoms with Crippen molar-refractivity contribution < 1.29 is 4.42 Å². The van der Waals surface area contributed by atoms with Gasteiger partial charge in [-0.1, -0.05) is 0 Å². The van der Waals surface area contributed by atoms with Crippen LogP contribution in [0.4, 0.5) is 0 Å². The first-order chi connectivity index (χ1) is 5.86. The quantitative estimate of drug-likeness (QED) is 0.545. The molecular formula is C9H12N2O. The molecule has 0 aromatic carbocycles. The van der Waals surface area contributed by atoms with E-state index in [4.69, 9.17) is 4.42 Å². The van der Waals surface area contributed by atoms with Crippen LogP contribution in [-0.2, 0) is 0 Å². The maximum atomic E-state index is 5.18. The first kappa shape index (κ1) is 7.40. The summed E-state index contributed by atoms with van der Waals surface area (Å²) in [7, 11) is 0. The van der Waals surface area contributed by atoms with Crippen LogP contribution in [0.2, 0.25) is 0 Å². The van der Waals surface area contributed by atoms with Gasteiger partial charge >= 0.3 is 0 Å². The van der Waals surface area contributed by atoms with Gasteiger partial charge in [-0.05, 0) is 31.4 Å². The summed E-state index contributed by atoms with van der Waals surface area (Å²) in [6.45, 7) is 2.00. The normalized spacial score (nSPS) is 17.1. The second kappa shape index (κ2) is 3.01. The maximum Gasteiger partial charge on any atom is 0.149 e. The zero-order chi connectivity index (χ0) is 8.39. The number of furan rings is 1. The van der Waals surface area contributed by atoms with Gasteiger partial charge in [-0.25, -0.2) is 0 Å². The van der Waals surface area contributed by atoms with Crippen molar-refractivity contribution in [2.45, 2.75) is 25.8 Å². The summed E-state index contributed by atoms with van der Waals surface area (Å²) in [6.07, 6.45) is 5.89. The lowest BCUT2D eigenvalue weighted by Gasteiger charge is -1.92. The molecule has 1 aliphatic carbocycles. The van der Waals surface area contributed by atoms with E-state index in [1.54, 1.807) is 12.5 Å². The van der Waals surface area contributed by atoms with E-state index in [9.17, 15) is 0 Å². The minimum Gasteiger partial charge on any atom is -0.463 e. The number of hydrogen-bond acceptors (Lipinski definition) is 3. The van der Waals surface area contributed by atoms with Crippen molar-refractivity contribution in [2.75, 3.05) is 0 Å². The van der Waals surface area contributed by atoms with Crippen LogP contribution in [0.5, 0.6) is 0 Å². The van der Waals surface area contributed by atoms with Crippen LogP contribution in [-0.4, -0.2) is 12.3 Å². The van der Waals surface area contributed by atoms with Crippen LogP contribution in [0.3, 0.4) is 0 Å². The second-order valence-electron chi connectivity index (χ2n) is 3.13. The number of hydrogen-bond donors (Lipinski definition) is 1. The molecular weight excluding hydrogens is 152 g/mol. The minimum atomic E-state index is 0.608. The molecule has 64 valence electrons. The highest BCUT2D eigenvalue weighted by molar-refractivity contribution is 5.77. The van der Waals surface area contributed by atoms with Gasteiger partial charge in [0.2, 0.25) is 0 Å². The number of nitrogens with zero attached hydrogens (tertiary/aromatic N) is 1. The molecule has 0 amide bonds. The van der Waals surface area contributed by atoms with Gasteiger partial charge in [-0.15, -0.1) is 0 Å². The van der Waals surface area contributed by atoms with Crippen molar-refractivity contribution in [3.63, 3.8) is 0 Å². The zero-order valence-corrected chi connectivity index (χ0v) is 7.08. The molecule has 1 fully saturated rings. The third-order valence-electron chi connectivity index (χ3n) is 1.92. The first-order valence-corrected chi connectivity index (χ1v) is 4.19. The van der Waals surface area contributed by atoms with E-state index in [1.807, 2.05) is 13.0 Å². The van der Waals surface area contributed by atoms with E-state index in [1.165, 1.54) is 12.8 Å². The van der Waals surface area contributed by atoms with Gasteiger partial charge in [0.1, 0.15) is 5.76 Å². The van der Waals surface area contributed by atoms with Crippen molar-refractivity contribution in [1.82, 2.24) is 5.43 Å². The smallest absolute Gasteiger partial charge is 0.149 e. The topological polar surface area (TPSA) is 37.5 Å². The molecule has 0 spiro atoms. The van der Waals surface area contributed by atoms with Crippen LogP contribution < -0.4 is 5.43 Å². The van der Waals surface area contributed by atoms with Crippen molar-refractivity contribution in [2.24, 2.45) is 5.10 Å². The Kier molecular flexibility index (Phi) is 1.86. The Morgan fingerprint density at radius 3 is 3.08 bits per heavy atom.